The van der Waals surface area contributed by atoms with Crippen LogP contribution in [0.1, 0.15) is 96.2 Å². The molecule has 0 radical (unpaired) electrons. The average Bonchev–Trinajstić information content (AvgIpc) is 3.50. The number of allylic oxidation sites excluding steroid dienone is 1. The molecule has 0 saturated heterocycles. The lowest BCUT2D eigenvalue weighted by atomic mass is 9.84. The van der Waals surface area contributed by atoms with Crippen molar-refractivity contribution >= 4 is 35.5 Å². The van der Waals surface area contributed by atoms with Crippen LogP contribution in [0.15, 0.2) is 30.6 Å². The molecule has 50 heavy (non-hydrogen) atoms. The van der Waals surface area contributed by atoms with Gasteiger partial charge in [-0.05, 0) is 68.9 Å². The number of hydrogen-bond acceptors (Lipinski definition) is 11. The van der Waals surface area contributed by atoms with Gasteiger partial charge >= 0.3 is 5.97 Å². The van der Waals surface area contributed by atoms with Gasteiger partial charge in [0.05, 0.1) is 39.5 Å². The van der Waals surface area contributed by atoms with E-state index in [1.807, 2.05) is 6.92 Å². The molecule has 2 unspecified atom stereocenters. The molecule has 2 aromatic carbocycles. The number of methoxy groups -OCH3 is 3. The summed E-state index contributed by atoms with van der Waals surface area (Å²) in [7, 11) is 4.40. The number of cyclic esters (lactones) is 1. The van der Waals surface area contributed by atoms with E-state index in [9.17, 15) is 24.6 Å². The predicted octanol–water partition coefficient (Wildman–Crippen LogP) is 6.21. The molecule has 0 saturated carbocycles. The Balaban J connectivity index is 1.73. The number of imidazole rings is 1. The summed E-state index contributed by atoms with van der Waals surface area (Å²) in [6.07, 6.45) is 7.45. The van der Waals surface area contributed by atoms with E-state index in [1.165, 1.54) is 27.4 Å². The van der Waals surface area contributed by atoms with Crippen molar-refractivity contribution in [3.63, 3.8) is 0 Å². The van der Waals surface area contributed by atoms with Gasteiger partial charge in [-0.15, -0.1) is 0 Å². The molecule has 4 rings (SSSR count). The van der Waals surface area contributed by atoms with E-state index in [0.717, 1.165) is 11.4 Å². The van der Waals surface area contributed by atoms with E-state index < -0.39 is 23.7 Å². The standard InChI is InChI=1S/C37H47N3O9S/c1-22-10-9-13-26(41)12-8-6-7-11-24-16-29(42)34(35(44)33(24)37(45)49-22)27(25-17-30(46-3)36(48-5)31(18-25)47-4)19-32(43)38-14-15-50-20-28-23(2)39-21-40-28/h7,11,16-18,21-22,27,42,44H,6,8-10,12-15,19-20H2,1-5H3,(H,38,43)(H,39,40). The van der Waals surface area contributed by atoms with Crippen molar-refractivity contribution in [3.8, 4) is 28.7 Å². The average molecular weight is 710 g/mol. The number of hydrogen-bond donors (Lipinski definition) is 4. The summed E-state index contributed by atoms with van der Waals surface area (Å²) >= 11 is 1.63. The Bertz CT molecular complexity index is 1660. The summed E-state index contributed by atoms with van der Waals surface area (Å²) in [5.74, 6) is -0.465. The number of nitrogens with one attached hydrogen (secondary N) is 2. The van der Waals surface area contributed by atoms with Gasteiger partial charge in [0, 0.05) is 54.5 Å². The van der Waals surface area contributed by atoms with E-state index in [0.29, 0.717) is 79.4 Å². The van der Waals surface area contributed by atoms with Crippen LogP contribution >= 0.6 is 11.8 Å². The molecule has 1 aliphatic rings. The Morgan fingerprint density at radius 2 is 1.82 bits per heavy atom. The zero-order chi connectivity index (χ0) is 36.2. The van der Waals surface area contributed by atoms with Crippen LogP contribution in [0.2, 0.25) is 0 Å². The summed E-state index contributed by atoms with van der Waals surface area (Å²) in [4.78, 5) is 46.8. The zero-order valence-electron chi connectivity index (χ0n) is 29.3. The maximum Gasteiger partial charge on any atom is 0.342 e. The number of phenols is 2. The summed E-state index contributed by atoms with van der Waals surface area (Å²) in [5.41, 5.74) is 2.51. The van der Waals surface area contributed by atoms with Crippen molar-refractivity contribution in [1.29, 1.82) is 0 Å². The van der Waals surface area contributed by atoms with Gasteiger partial charge in [0.2, 0.25) is 11.7 Å². The Kier molecular flexibility index (Phi) is 14.0. The second-order valence-electron chi connectivity index (χ2n) is 12.2. The molecule has 13 heteroatoms. The summed E-state index contributed by atoms with van der Waals surface area (Å²) in [5, 5.41) is 26.4. The molecule has 0 fully saturated rings. The van der Waals surface area contributed by atoms with Gasteiger partial charge in [0.1, 0.15) is 22.8 Å². The lowest BCUT2D eigenvalue weighted by Crippen LogP contribution is -2.27. The number of H-pyrrole nitrogens is 1. The molecular weight excluding hydrogens is 662 g/mol. The number of rotatable bonds is 12. The van der Waals surface area contributed by atoms with Crippen LogP contribution in [0, 0.1) is 6.92 Å². The number of aromatic hydroxyl groups is 2. The van der Waals surface area contributed by atoms with Gasteiger partial charge in [-0.1, -0.05) is 12.2 Å². The number of aromatic amines is 1. The molecule has 2 atom stereocenters. The van der Waals surface area contributed by atoms with E-state index >= 15 is 0 Å². The van der Waals surface area contributed by atoms with Crippen LogP contribution < -0.4 is 19.5 Å². The lowest BCUT2D eigenvalue weighted by molar-refractivity contribution is -0.121. The summed E-state index contributed by atoms with van der Waals surface area (Å²) in [6, 6.07) is 4.68. The molecular formula is C37H47N3O9S. The first-order valence-electron chi connectivity index (χ1n) is 16.7. The first-order valence-corrected chi connectivity index (χ1v) is 17.8. The van der Waals surface area contributed by atoms with E-state index in [1.54, 1.807) is 49.3 Å². The number of esters is 1. The third-order valence-electron chi connectivity index (χ3n) is 8.62. The van der Waals surface area contributed by atoms with Crippen molar-refractivity contribution in [1.82, 2.24) is 15.3 Å². The minimum atomic E-state index is -0.957. The molecule has 270 valence electrons. The van der Waals surface area contributed by atoms with Gasteiger partial charge in [0.25, 0.3) is 0 Å². The molecule has 1 aromatic heterocycles. The number of phenolic OH excluding ortho intramolecular Hbond substituents is 2. The number of benzene rings is 2. The number of amides is 1. The molecule has 4 N–H and O–H groups in total. The van der Waals surface area contributed by atoms with Crippen LogP contribution in [0.4, 0.5) is 0 Å². The highest BCUT2D eigenvalue weighted by Crippen LogP contribution is 2.47. The van der Waals surface area contributed by atoms with Crippen LogP contribution in [0.5, 0.6) is 28.7 Å². The second-order valence-corrected chi connectivity index (χ2v) is 13.3. The molecule has 1 amide bonds. The maximum atomic E-state index is 13.7. The molecule has 12 nitrogen and oxygen atoms in total. The first-order chi connectivity index (χ1) is 24.1. The minimum Gasteiger partial charge on any atom is -0.507 e. The fraction of sp³-hybridized carbons (Fsp3) is 0.459. The monoisotopic (exact) mass is 709 g/mol. The van der Waals surface area contributed by atoms with Gasteiger partial charge < -0.3 is 39.5 Å². The Labute approximate surface area is 297 Å². The van der Waals surface area contributed by atoms with Crippen molar-refractivity contribution in [2.75, 3.05) is 33.6 Å². The molecule has 0 bridgehead atoms. The third-order valence-corrected chi connectivity index (χ3v) is 9.59. The van der Waals surface area contributed by atoms with Crippen molar-refractivity contribution in [2.24, 2.45) is 0 Å². The van der Waals surface area contributed by atoms with Crippen molar-refractivity contribution in [2.45, 2.75) is 76.6 Å². The number of carbonyl (C=O) groups excluding carboxylic acids is 3. The summed E-state index contributed by atoms with van der Waals surface area (Å²) < 4.78 is 22.4. The Morgan fingerprint density at radius 1 is 1.10 bits per heavy atom. The highest BCUT2D eigenvalue weighted by molar-refractivity contribution is 7.98. The Morgan fingerprint density at radius 3 is 2.48 bits per heavy atom. The highest BCUT2D eigenvalue weighted by Gasteiger charge is 2.32. The number of fused-ring (bicyclic) bond motifs is 1. The van der Waals surface area contributed by atoms with E-state index in [-0.39, 0.29) is 40.6 Å². The maximum absolute atomic E-state index is 13.7. The minimum absolute atomic E-state index is 0.0266. The number of ketones is 1. The molecule has 2 heterocycles. The van der Waals surface area contributed by atoms with Gasteiger partial charge in [-0.2, -0.15) is 11.8 Å². The number of Topliss-reactive ketones (excluding diaryl/α,β-unsaturated/α-hetero) is 1. The number of aromatic nitrogens is 2. The third kappa shape index (κ3) is 9.74. The normalized spacial score (nSPS) is 16.1. The van der Waals surface area contributed by atoms with Crippen LogP contribution in [-0.4, -0.2) is 77.6 Å². The zero-order valence-corrected chi connectivity index (χ0v) is 30.1. The fourth-order valence-corrected chi connectivity index (χ4v) is 6.81. The number of aryl methyl sites for hydroxylation is 1. The molecule has 3 aromatic rings. The highest BCUT2D eigenvalue weighted by atomic mass is 32.2. The van der Waals surface area contributed by atoms with E-state index in [2.05, 4.69) is 15.3 Å². The number of nitrogens with zero attached hydrogens (tertiary/aromatic N) is 1. The predicted molar refractivity (Wildman–Crippen MR) is 191 cm³/mol. The van der Waals surface area contributed by atoms with Crippen LogP contribution in [0.3, 0.4) is 0 Å². The first kappa shape index (κ1) is 38.2. The van der Waals surface area contributed by atoms with Crippen molar-refractivity contribution in [3.05, 3.63) is 64.2 Å². The molecule has 1 aliphatic heterocycles. The van der Waals surface area contributed by atoms with Gasteiger partial charge in [0.15, 0.2) is 11.5 Å². The van der Waals surface area contributed by atoms with Crippen molar-refractivity contribution < 1.29 is 43.5 Å². The summed E-state index contributed by atoms with van der Waals surface area (Å²) in [6.45, 7) is 4.06. The lowest BCUT2D eigenvalue weighted by Gasteiger charge is -2.24. The number of carbonyl (C=O) groups is 3. The molecule has 0 spiro atoms. The second kappa shape index (κ2) is 18.4. The van der Waals surface area contributed by atoms with Crippen LogP contribution in [-0.2, 0) is 20.1 Å². The number of ether oxygens (including phenoxy) is 4. The fourth-order valence-electron chi connectivity index (χ4n) is 5.93. The van der Waals surface area contributed by atoms with Crippen LogP contribution in [0.25, 0.3) is 6.08 Å². The van der Waals surface area contributed by atoms with Gasteiger partial charge in [-0.3, -0.25) is 9.59 Å². The Hall–Kier alpha value is -4.65. The topological polar surface area (TPSA) is 169 Å². The molecule has 0 aliphatic carbocycles. The SMILES string of the molecule is COc1cc(C(CC(=O)NCCSCc2nc[nH]c2C)c2c(O)cc3c(c2O)C(=O)OC(C)CCCC(=O)CCCC=C3)cc(OC)c1OC. The van der Waals surface area contributed by atoms with E-state index in [4.69, 9.17) is 18.9 Å². The quantitative estimate of drug-likeness (QED) is 0.125. The number of thioether (sulfide) groups is 1. The van der Waals surface area contributed by atoms with Gasteiger partial charge in [-0.25, -0.2) is 9.78 Å². The largest absolute Gasteiger partial charge is 0.507 e. The smallest absolute Gasteiger partial charge is 0.342 e.